The molecule has 3 rings (SSSR count). The highest BCUT2D eigenvalue weighted by atomic mass is 32.2. The first-order chi connectivity index (χ1) is 14.9. The van der Waals surface area contributed by atoms with E-state index in [1.54, 1.807) is 38.5 Å². The zero-order chi connectivity index (χ0) is 22.3. The number of fused-ring (bicyclic) bond motifs is 1. The molecule has 1 aliphatic rings. The molecule has 8 nitrogen and oxygen atoms in total. The van der Waals surface area contributed by atoms with Gasteiger partial charge < -0.3 is 19.5 Å². The standard InChI is InChI=1S/C22H28N2O6S/c1-28-19-5-3-6-21(14-19)30-16-22(25)23-10-4-12-31(26,27)24-11-9-17-13-20(29-2)8-7-18(17)15-24/h3,5-8,13-14H,4,9-12,15-16H2,1-2H3,(H,23,25). The van der Waals surface area contributed by atoms with Crippen molar-refractivity contribution >= 4 is 15.9 Å². The van der Waals surface area contributed by atoms with Crippen molar-refractivity contribution in [1.82, 2.24) is 9.62 Å². The molecular weight excluding hydrogens is 420 g/mol. The number of sulfonamides is 1. The number of benzene rings is 2. The Balaban J connectivity index is 1.40. The van der Waals surface area contributed by atoms with E-state index in [2.05, 4.69) is 5.32 Å². The van der Waals surface area contributed by atoms with E-state index in [1.807, 2.05) is 18.2 Å². The zero-order valence-corrected chi connectivity index (χ0v) is 18.6. The van der Waals surface area contributed by atoms with E-state index in [0.29, 0.717) is 37.4 Å². The summed E-state index contributed by atoms with van der Waals surface area (Å²) in [6.45, 7) is 0.930. The highest BCUT2D eigenvalue weighted by Crippen LogP contribution is 2.25. The fourth-order valence-electron chi connectivity index (χ4n) is 3.37. The van der Waals surface area contributed by atoms with Crippen molar-refractivity contribution in [3.05, 3.63) is 53.6 Å². The molecule has 0 radical (unpaired) electrons. The van der Waals surface area contributed by atoms with Gasteiger partial charge in [0.1, 0.15) is 17.2 Å². The Labute approximate surface area is 183 Å². The van der Waals surface area contributed by atoms with Gasteiger partial charge in [0.25, 0.3) is 5.91 Å². The number of nitrogens with zero attached hydrogens (tertiary/aromatic N) is 1. The summed E-state index contributed by atoms with van der Waals surface area (Å²) in [6, 6.07) is 12.7. The van der Waals surface area contributed by atoms with E-state index < -0.39 is 10.0 Å². The molecule has 1 N–H and O–H groups in total. The van der Waals surface area contributed by atoms with Gasteiger partial charge in [-0.05, 0) is 48.2 Å². The van der Waals surface area contributed by atoms with Crippen LogP contribution in [0.3, 0.4) is 0 Å². The van der Waals surface area contributed by atoms with Crippen molar-refractivity contribution in [2.75, 3.05) is 39.7 Å². The van der Waals surface area contributed by atoms with Crippen molar-refractivity contribution in [2.45, 2.75) is 19.4 Å². The smallest absolute Gasteiger partial charge is 0.257 e. The van der Waals surface area contributed by atoms with Gasteiger partial charge in [-0.25, -0.2) is 8.42 Å². The van der Waals surface area contributed by atoms with Crippen LogP contribution in [0.5, 0.6) is 17.2 Å². The molecule has 0 fully saturated rings. The van der Waals surface area contributed by atoms with Gasteiger partial charge in [0.05, 0.1) is 20.0 Å². The van der Waals surface area contributed by atoms with Gasteiger partial charge in [0.15, 0.2) is 6.61 Å². The molecule has 1 heterocycles. The van der Waals surface area contributed by atoms with E-state index in [9.17, 15) is 13.2 Å². The molecule has 31 heavy (non-hydrogen) atoms. The maximum Gasteiger partial charge on any atom is 0.257 e. The monoisotopic (exact) mass is 448 g/mol. The maximum absolute atomic E-state index is 12.7. The molecule has 0 bridgehead atoms. The van der Waals surface area contributed by atoms with E-state index in [-0.39, 0.29) is 24.8 Å². The first kappa shape index (κ1) is 22.9. The number of rotatable bonds is 10. The van der Waals surface area contributed by atoms with Gasteiger partial charge in [0, 0.05) is 25.7 Å². The third-order valence-electron chi connectivity index (χ3n) is 5.10. The van der Waals surface area contributed by atoms with Crippen LogP contribution >= 0.6 is 0 Å². The van der Waals surface area contributed by atoms with Gasteiger partial charge in [-0.15, -0.1) is 0 Å². The predicted molar refractivity (Wildman–Crippen MR) is 117 cm³/mol. The number of hydrogen-bond donors (Lipinski definition) is 1. The van der Waals surface area contributed by atoms with Crippen molar-refractivity contribution < 1.29 is 27.4 Å². The lowest BCUT2D eigenvalue weighted by atomic mass is 10.0. The van der Waals surface area contributed by atoms with Crippen molar-refractivity contribution in [2.24, 2.45) is 0 Å². The molecule has 0 saturated carbocycles. The van der Waals surface area contributed by atoms with Crippen LogP contribution in [0.1, 0.15) is 17.5 Å². The minimum atomic E-state index is -3.40. The van der Waals surface area contributed by atoms with Gasteiger partial charge in [-0.3, -0.25) is 4.79 Å². The summed E-state index contributed by atoms with van der Waals surface area (Å²) in [7, 11) is -0.226. The lowest BCUT2D eigenvalue weighted by Gasteiger charge is -2.28. The molecule has 9 heteroatoms. The number of amides is 1. The third kappa shape index (κ3) is 6.35. The van der Waals surface area contributed by atoms with E-state index in [4.69, 9.17) is 14.2 Å². The second-order valence-corrected chi connectivity index (χ2v) is 9.29. The predicted octanol–water partition coefficient (Wildman–Crippen LogP) is 1.98. The summed E-state index contributed by atoms with van der Waals surface area (Å²) in [6.07, 6.45) is 0.989. The Morgan fingerprint density at radius 1 is 1.03 bits per heavy atom. The van der Waals surface area contributed by atoms with E-state index in [0.717, 1.165) is 16.9 Å². The van der Waals surface area contributed by atoms with Crippen LogP contribution in [-0.2, 0) is 27.8 Å². The van der Waals surface area contributed by atoms with Gasteiger partial charge >= 0.3 is 0 Å². The summed E-state index contributed by atoms with van der Waals surface area (Å²) in [5.41, 5.74) is 2.12. The summed E-state index contributed by atoms with van der Waals surface area (Å²) in [4.78, 5) is 11.9. The molecule has 2 aromatic rings. The molecule has 0 aromatic heterocycles. The van der Waals surface area contributed by atoms with Crippen molar-refractivity contribution in [3.8, 4) is 17.2 Å². The Hall–Kier alpha value is -2.78. The number of ether oxygens (including phenoxy) is 3. The van der Waals surface area contributed by atoms with Crippen molar-refractivity contribution in [1.29, 1.82) is 0 Å². The van der Waals surface area contributed by atoms with Crippen LogP contribution in [0.25, 0.3) is 0 Å². The quantitative estimate of drug-likeness (QED) is 0.559. The molecule has 0 unspecified atom stereocenters. The first-order valence-corrected chi connectivity index (χ1v) is 11.7. The Morgan fingerprint density at radius 2 is 1.77 bits per heavy atom. The second-order valence-electron chi connectivity index (χ2n) is 7.21. The largest absolute Gasteiger partial charge is 0.497 e. The lowest BCUT2D eigenvalue weighted by Crippen LogP contribution is -2.38. The minimum absolute atomic E-state index is 0.0183. The molecule has 0 saturated heterocycles. The summed E-state index contributed by atoms with van der Waals surface area (Å²) in [5.74, 6) is 1.63. The summed E-state index contributed by atoms with van der Waals surface area (Å²) in [5, 5.41) is 2.69. The molecule has 1 amide bonds. The number of carbonyl (C=O) groups excluding carboxylic acids is 1. The minimum Gasteiger partial charge on any atom is -0.497 e. The fraction of sp³-hybridized carbons (Fsp3) is 0.409. The third-order valence-corrected chi connectivity index (χ3v) is 7.00. The molecular formula is C22H28N2O6S. The van der Waals surface area contributed by atoms with Crippen LogP contribution in [0, 0.1) is 0 Å². The lowest BCUT2D eigenvalue weighted by molar-refractivity contribution is -0.123. The first-order valence-electron chi connectivity index (χ1n) is 10.1. The zero-order valence-electron chi connectivity index (χ0n) is 17.8. The molecule has 0 atom stereocenters. The van der Waals surface area contributed by atoms with Gasteiger partial charge in [0.2, 0.25) is 10.0 Å². The molecule has 1 aliphatic heterocycles. The van der Waals surface area contributed by atoms with E-state index in [1.165, 1.54) is 4.31 Å². The SMILES string of the molecule is COc1cccc(OCC(=O)NCCCS(=O)(=O)N2CCc3cc(OC)ccc3C2)c1. The topological polar surface area (TPSA) is 94.2 Å². The van der Waals surface area contributed by atoms with Gasteiger partial charge in [-0.2, -0.15) is 4.31 Å². The second kappa shape index (κ2) is 10.5. The number of hydrogen-bond acceptors (Lipinski definition) is 6. The molecule has 0 spiro atoms. The van der Waals surface area contributed by atoms with Crippen LogP contribution in [-0.4, -0.2) is 58.3 Å². The van der Waals surface area contributed by atoms with E-state index >= 15 is 0 Å². The number of nitrogens with one attached hydrogen (secondary N) is 1. The van der Waals surface area contributed by atoms with Crippen molar-refractivity contribution in [3.63, 3.8) is 0 Å². The Morgan fingerprint density at radius 3 is 2.55 bits per heavy atom. The van der Waals surface area contributed by atoms with Gasteiger partial charge in [-0.1, -0.05) is 12.1 Å². The molecule has 168 valence electrons. The molecule has 0 aliphatic carbocycles. The van der Waals surface area contributed by atoms with Crippen LogP contribution in [0.2, 0.25) is 0 Å². The Kier molecular flexibility index (Phi) is 7.75. The average Bonchev–Trinajstić information content (AvgIpc) is 2.79. The highest BCUT2D eigenvalue weighted by molar-refractivity contribution is 7.89. The number of carbonyl (C=O) groups is 1. The van der Waals surface area contributed by atoms with Crippen LogP contribution in [0.15, 0.2) is 42.5 Å². The normalized spacial score (nSPS) is 13.9. The summed E-state index contributed by atoms with van der Waals surface area (Å²) >= 11 is 0. The average molecular weight is 449 g/mol. The fourth-order valence-corrected chi connectivity index (χ4v) is 4.84. The molecule has 2 aromatic carbocycles. The highest BCUT2D eigenvalue weighted by Gasteiger charge is 2.26. The summed E-state index contributed by atoms with van der Waals surface area (Å²) < 4.78 is 42.6. The number of methoxy groups -OCH3 is 2. The Bertz CT molecular complexity index is 1010. The van der Waals surface area contributed by atoms with Crippen LogP contribution < -0.4 is 19.5 Å². The maximum atomic E-state index is 12.7. The van der Waals surface area contributed by atoms with Crippen LogP contribution in [0.4, 0.5) is 0 Å².